The van der Waals surface area contributed by atoms with Gasteiger partial charge in [-0.2, -0.15) is 0 Å². The molecule has 1 aliphatic rings. The van der Waals surface area contributed by atoms with Crippen molar-refractivity contribution in [1.29, 1.82) is 0 Å². The van der Waals surface area contributed by atoms with Crippen LogP contribution >= 0.6 is 0 Å². The number of hydrogen-bond acceptors (Lipinski definition) is 5. The van der Waals surface area contributed by atoms with Crippen molar-refractivity contribution in [2.45, 2.75) is 25.6 Å². The smallest absolute Gasteiger partial charge is 0.328 e. The molecular formula is C26H25N3O5. The molecule has 1 atom stereocenters. The second-order valence-electron chi connectivity index (χ2n) is 8.03. The van der Waals surface area contributed by atoms with Crippen molar-refractivity contribution >= 4 is 17.8 Å². The molecule has 1 heterocycles. The molecule has 4 amide bonds. The van der Waals surface area contributed by atoms with E-state index in [0.29, 0.717) is 17.7 Å². The quantitative estimate of drug-likeness (QED) is 0.306. The molecule has 0 saturated carbocycles. The molecule has 34 heavy (non-hydrogen) atoms. The standard InChI is InChI=1S/C26H25N3O5/c1-34-22-13-9-20(10-14-22)16-28-23(15-18-5-3-2-4-6-18)25(31)29(26(28)32)17-19-7-11-21(12-8-19)24(30)27-33/h2-14,23,33H,15-17H2,1H3,(H,27,30). The lowest BCUT2D eigenvalue weighted by molar-refractivity contribution is -0.128. The molecule has 0 aliphatic carbocycles. The van der Waals surface area contributed by atoms with Gasteiger partial charge in [0.1, 0.15) is 11.8 Å². The molecule has 0 aromatic heterocycles. The van der Waals surface area contributed by atoms with E-state index in [2.05, 4.69) is 0 Å². The summed E-state index contributed by atoms with van der Waals surface area (Å²) in [6.07, 6.45) is 0.410. The Morgan fingerprint density at radius 1 is 0.882 bits per heavy atom. The lowest BCUT2D eigenvalue weighted by Gasteiger charge is -2.22. The lowest BCUT2D eigenvalue weighted by atomic mass is 10.0. The van der Waals surface area contributed by atoms with Crippen LogP contribution in [0.15, 0.2) is 78.9 Å². The third kappa shape index (κ3) is 4.92. The van der Waals surface area contributed by atoms with E-state index in [4.69, 9.17) is 9.94 Å². The molecule has 8 nitrogen and oxygen atoms in total. The molecule has 2 N–H and O–H groups in total. The molecule has 8 heteroatoms. The first-order chi connectivity index (χ1) is 16.5. The third-order valence-electron chi connectivity index (χ3n) is 5.85. The van der Waals surface area contributed by atoms with E-state index in [1.165, 1.54) is 17.0 Å². The number of ether oxygens (including phenoxy) is 1. The van der Waals surface area contributed by atoms with Crippen LogP contribution in [0.1, 0.15) is 27.0 Å². The van der Waals surface area contributed by atoms with E-state index in [9.17, 15) is 14.4 Å². The summed E-state index contributed by atoms with van der Waals surface area (Å²) in [7, 11) is 1.59. The summed E-state index contributed by atoms with van der Waals surface area (Å²) in [4.78, 5) is 41.2. The van der Waals surface area contributed by atoms with Crippen LogP contribution in [0, 0.1) is 0 Å². The Kier molecular flexibility index (Phi) is 6.89. The topological polar surface area (TPSA) is 99.2 Å². The number of imide groups is 1. The maximum Gasteiger partial charge on any atom is 0.328 e. The highest BCUT2D eigenvalue weighted by Crippen LogP contribution is 2.26. The van der Waals surface area contributed by atoms with Gasteiger partial charge in [0.05, 0.1) is 13.7 Å². The summed E-state index contributed by atoms with van der Waals surface area (Å²) in [5, 5.41) is 8.78. The van der Waals surface area contributed by atoms with Gasteiger partial charge in [0.25, 0.3) is 11.8 Å². The van der Waals surface area contributed by atoms with Gasteiger partial charge < -0.3 is 9.64 Å². The summed E-state index contributed by atoms with van der Waals surface area (Å²) in [6, 6.07) is 22.4. The van der Waals surface area contributed by atoms with Gasteiger partial charge in [0.2, 0.25) is 0 Å². The second-order valence-corrected chi connectivity index (χ2v) is 8.03. The number of amides is 4. The molecule has 1 unspecified atom stereocenters. The Hall–Kier alpha value is -4.17. The van der Waals surface area contributed by atoms with Crippen LogP contribution in [-0.4, -0.2) is 46.0 Å². The predicted octanol–water partition coefficient (Wildman–Crippen LogP) is 3.39. The summed E-state index contributed by atoms with van der Waals surface area (Å²) >= 11 is 0. The Balaban J connectivity index is 1.58. The van der Waals surface area contributed by atoms with Gasteiger partial charge in [0.15, 0.2) is 0 Å². The third-order valence-corrected chi connectivity index (χ3v) is 5.85. The largest absolute Gasteiger partial charge is 0.497 e. The monoisotopic (exact) mass is 459 g/mol. The minimum atomic E-state index is -0.631. The van der Waals surface area contributed by atoms with Crippen molar-refractivity contribution in [3.8, 4) is 5.75 Å². The fraction of sp³-hybridized carbons (Fsp3) is 0.192. The second kappa shape index (κ2) is 10.2. The zero-order valence-electron chi connectivity index (χ0n) is 18.7. The predicted molar refractivity (Wildman–Crippen MR) is 124 cm³/mol. The number of carbonyl (C=O) groups is 3. The van der Waals surface area contributed by atoms with Crippen LogP contribution in [0.2, 0.25) is 0 Å². The number of hydroxylamine groups is 1. The molecule has 0 spiro atoms. The fourth-order valence-corrected chi connectivity index (χ4v) is 3.99. The molecule has 1 saturated heterocycles. The molecule has 1 aliphatic heterocycles. The Morgan fingerprint density at radius 2 is 1.50 bits per heavy atom. The first-order valence-electron chi connectivity index (χ1n) is 10.8. The van der Waals surface area contributed by atoms with E-state index in [1.54, 1.807) is 29.6 Å². The average Bonchev–Trinajstić information content (AvgIpc) is 3.09. The van der Waals surface area contributed by atoms with Crippen molar-refractivity contribution in [2.75, 3.05) is 7.11 Å². The number of nitrogens with zero attached hydrogens (tertiary/aromatic N) is 2. The molecular weight excluding hydrogens is 434 g/mol. The van der Waals surface area contributed by atoms with Crippen molar-refractivity contribution in [3.63, 3.8) is 0 Å². The first-order valence-corrected chi connectivity index (χ1v) is 10.8. The number of hydrogen-bond donors (Lipinski definition) is 2. The normalized spacial score (nSPS) is 15.5. The molecule has 0 bridgehead atoms. The lowest BCUT2D eigenvalue weighted by Crippen LogP contribution is -2.36. The average molecular weight is 460 g/mol. The van der Waals surface area contributed by atoms with Crippen molar-refractivity contribution in [2.24, 2.45) is 0 Å². The van der Waals surface area contributed by atoms with Crippen LogP contribution in [0.4, 0.5) is 4.79 Å². The summed E-state index contributed by atoms with van der Waals surface area (Å²) in [5.41, 5.74) is 4.41. The highest BCUT2D eigenvalue weighted by Gasteiger charge is 2.44. The number of carbonyl (C=O) groups excluding carboxylic acids is 3. The van der Waals surface area contributed by atoms with E-state index in [1.807, 2.05) is 54.6 Å². The Labute approximate surface area is 197 Å². The maximum atomic E-state index is 13.4. The van der Waals surface area contributed by atoms with Crippen LogP contribution < -0.4 is 10.2 Å². The highest BCUT2D eigenvalue weighted by atomic mass is 16.5. The van der Waals surface area contributed by atoms with Gasteiger partial charge in [-0.25, -0.2) is 10.3 Å². The van der Waals surface area contributed by atoms with Crippen molar-refractivity contribution in [1.82, 2.24) is 15.3 Å². The van der Waals surface area contributed by atoms with Gasteiger partial charge >= 0.3 is 6.03 Å². The van der Waals surface area contributed by atoms with Gasteiger partial charge in [0, 0.05) is 18.5 Å². The number of benzene rings is 3. The SMILES string of the molecule is COc1ccc(CN2C(=O)N(Cc3ccc(C(=O)NO)cc3)C(=O)C2Cc2ccccc2)cc1. The Bertz CT molecular complexity index is 1160. The van der Waals surface area contributed by atoms with E-state index in [0.717, 1.165) is 11.1 Å². The van der Waals surface area contributed by atoms with E-state index >= 15 is 0 Å². The molecule has 3 aromatic carbocycles. The number of methoxy groups -OCH3 is 1. The minimum Gasteiger partial charge on any atom is -0.497 e. The fourth-order valence-electron chi connectivity index (χ4n) is 3.99. The number of urea groups is 1. The van der Waals surface area contributed by atoms with E-state index in [-0.39, 0.29) is 30.6 Å². The van der Waals surface area contributed by atoms with E-state index < -0.39 is 11.9 Å². The molecule has 0 radical (unpaired) electrons. The Morgan fingerprint density at radius 3 is 2.12 bits per heavy atom. The van der Waals surface area contributed by atoms with Gasteiger partial charge in [-0.05, 0) is 41.0 Å². The maximum absolute atomic E-state index is 13.4. The van der Waals surface area contributed by atoms with Crippen LogP contribution in [0.25, 0.3) is 0 Å². The highest BCUT2D eigenvalue weighted by molar-refractivity contribution is 6.04. The zero-order valence-corrected chi connectivity index (χ0v) is 18.7. The minimum absolute atomic E-state index is 0.0864. The molecule has 174 valence electrons. The first kappa shape index (κ1) is 23.0. The van der Waals surface area contributed by atoms with Gasteiger partial charge in [-0.15, -0.1) is 0 Å². The molecule has 1 fully saturated rings. The van der Waals surface area contributed by atoms with Gasteiger partial charge in [-0.3, -0.25) is 19.7 Å². The van der Waals surface area contributed by atoms with Crippen LogP contribution in [0.5, 0.6) is 5.75 Å². The van der Waals surface area contributed by atoms with Crippen molar-refractivity contribution < 1.29 is 24.3 Å². The molecule has 4 rings (SSSR count). The van der Waals surface area contributed by atoms with Crippen LogP contribution in [0.3, 0.4) is 0 Å². The number of rotatable bonds is 8. The summed E-state index contributed by atoms with van der Waals surface area (Å²) < 4.78 is 5.21. The van der Waals surface area contributed by atoms with Crippen molar-refractivity contribution in [3.05, 3.63) is 101 Å². The number of nitrogens with one attached hydrogen (secondary N) is 1. The molecule has 3 aromatic rings. The van der Waals surface area contributed by atoms with Crippen LogP contribution in [-0.2, 0) is 24.3 Å². The van der Waals surface area contributed by atoms with Gasteiger partial charge in [-0.1, -0.05) is 54.6 Å². The summed E-state index contributed by atoms with van der Waals surface area (Å²) in [6.45, 7) is 0.376. The summed E-state index contributed by atoms with van der Waals surface area (Å²) in [5.74, 6) is -0.179. The zero-order chi connectivity index (χ0) is 24.1.